The number of nitrogens with zero attached hydrogens (tertiary/aromatic N) is 2. The molecule has 0 radical (unpaired) electrons. The number of fused-ring (bicyclic) bond motifs is 1. The van der Waals surface area contributed by atoms with Crippen molar-refractivity contribution in [2.75, 3.05) is 20.1 Å². The molecule has 0 spiro atoms. The maximum absolute atomic E-state index is 11.1. The summed E-state index contributed by atoms with van der Waals surface area (Å²) in [5.74, 6) is 1.08. The fraction of sp³-hybridized carbons (Fsp3) is 0.500. The number of likely N-dealkylation sites (tertiary alicyclic amines) is 1. The van der Waals surface area contributed by atoms with E-state index in [1.54, 1.807) is 13.0 Å². The zero-order chi connectivity index (χ0) is 18.0. The molecule has 2 heterocycles. The standard InChI is InChI=1S/C20H28N4O/c1-14(2)23-20(9-11-24(4)12-10-20)19-21-17-8-7-16(6-5-15(3)25)13-18(17)22-19/h5-8,13-14,23H,9-12H2,1-4H3,(H,21,22)/b6-5+. The fourth-order valence-electron chi connectivity index (χ4n) is 3.57. The quantitative estimate of drug-likeness (QED) is 0.821. The molecule has 1 saturated heterocycles. The highest BCUT2D eigenvalue weighted by Gasteiger charge is 2.38. The molecular weight excluding hydrogens is 312 g/mol. The Labute approximate surface area is 149 Å². The molecule has 2 aromatic rings. The van der Waals surface area contributed by atoms with Gasteiger partial charge in [0.15, 0.2) is 5.78 Å². The van der Waals surface area contributed by atoms with Crippen LogP contribution in [0.2, 0.25) is 0 Å². The number of carbonyl (C=O) groups is 1. The second kappa shape index (κ2) is 7.10. The normalized spacial score (nSPS) is 18.4. The molecule has 1 aromatic heterocycles. The number of imidazole rings is 1. The number of hydrogen-bond acceptors (Lipinski definition) is 4. The average Bonchev–Trinajstić information content (AvgIpc) is 2.98. The molecule has 1 aliphatic rings. The fourth-order valence-corrected chi connectivity index (χ4v) is 3.57. The number of nitrogens with one attached hydrogen (secondary N) is 2. The van der Waals surface area contributed by atoms with Gasteiger partial charge in [0.2, 0.25) is 0 Å². The number of rotatable bonds is 5. The van der Waals surface area contributed by atoms with Gasteiger partial charge in [-0.2, -0.15) is 0 Å². The Morgan fingerprint density at radius 3 is 2.72 bits per heavy atom. The van der Waals surface area contributed by atoms with Crippen molar-refractivity contribution in [2.24, 2.45) is 0 Å². The van der Waals surface area contributed by atoms with Crippen LogP contribution >= 0.6 is 0 Å². The molecule has 0 amide bonds. The number of carbonyl (C=O) groups excluding carboxylic acids is 1. The van der Waals surface area contributed by atoms with Crippen LogP contribution in [-0.4, -0.2) is 46.8 Å². The van der Waals surface area contributed by atoms with Crippen molar-refractivity contribution in [1.29, 1.82) is 0 Å². The summed E-state index contributed by atoms with van der Waals surface area (Å²) in [6.45, 7) is 8.05. The van der Waals surface area contributed by atoms with E-state index in [1.807, 2.05) is 18.2 Å². The lowest BCUT2D eigenvalue weighted by molar-refractivity contribution is -0.112. The molecule has 0 unspecified atom stereocenters. The van der Waals surface area contributed by atoms with Crippen LogP contribution in [0.4, 0.5) is 0 Å². The van der Waals surface area contributed by atoms with Crippen LogP contribution in [0.15, 0.2) is 24.3 Å². The van der Waals surface area contributed by atoms with Crippen molar-refractivity contribution in [3.63, 3.8) is 0 Å². The number of aromatic amines is 1. The molecular formula is C20H28N4O. The second-order valence-electron chi connectivity index (χ2n) is 7.49. The summed E-state index contributed by atoms with van der Waals surface area (Å²) in [7, 11) is 2.17. The minimum Gasteiger partial charge on any atom is -0.340 e. The minimum absolute atomic E-state index is 0.0526. The predicted octanol–water partition coefficient (Wildman–Crippen LogP) is 3.08. The predicted molar refractivity (Wildman–Crippen MR) is 102 cm³/mol. The Hall–Kier alpha value is -1.98. The summed E-state index contributed by atoms with van der Waals surface area (Å²) in [4.78, 5) is 22.0. The summed E-state index contributed by atoms with van der Waals surface area (Å²) >= 11 is 0. The first-order valence-corrected chi connectivity index (χ1v) is 9.03. The Morgan fingerprint density at radius 1 is 1.36 bits per heavy atom. The van der Waals surface area contributed by atoms with Gasteiger partial charge < -0.3 is 15.2 Å². The summed E-state index contributed by atoms with van der Waals surface area (Å²) in [5, 5.41) is 3.77. The molecule has 1 aliphatic heterocycles. The molecule has 5 nitrogen and oxygen atoms in total. The third-order valence-corrected chi connectivity index (χ3v) is 4.88. The zero-order valence-corrected chi connectivity index (χ0v) is 15.6. The van der Waals surface area contributed by atoms with Gasteiger partial charge in [-0.05, 0) is 64.4 Å². The van der Waals surface area contributed by atoms with Crippen LogP contribution in [0.25, 0.3) is 17.1 Å². The van der Waals surface area contributed by atoms with E-state index in [2.05, 4.69) is 42.2 Å². The number of H-pyrrole nitrogens is 1. The van der Waals surface area contributed by atoms with Crippen LogP contribution in [0.5, 0.6) is 0 Å². The van der Waals surface area contributed by atoms with Crippen LogP contribution in [0.1, 0.15) is 45.0 Å². The average molecular weight is 340 g/mol. The topological polar surface area (TPSA) is 61.0 Å². The highest BCUT2D eigenvalue weighted by Crippen LogP contribution is 2.33. The van der Waals surface area contributed by atoms with Gasteiger partial charge in [0.1, 0.15) is 5.82 Å². The summed E-state index contributed by atoms with van der Waals surface area (Å²) in [6.07, 6.45) is 5.52. The van der Waals surface area contributed by atoms with Gasteiger partial charge in [-0.3, -0.25) is 4.79 Å². The van der Waals surface area contributed by atoms with Gasteiger partial charge in [0.25, 0.3) is 0 Å². The minimum atomic E-state index is -0.102. The third-order valence-electron chi connectivity index (χ3n) is 4.88. The Balaban J connectivity index is 1.96. The van der Waals surface area contributed by atoms with E-state index < -0.39 is 0 Å². The number of aromatic nitrogens is 2. The van der Waals surface area contributed by atoms with E-state index in [4.69, 9.17) is 4.98 Å². The number of benzene rings is 1. The Bertz CT molecular complexity index is 782. The Kier molecular flexibility index (Phi) is 5.06. The molecule has 5 heteroatoms. The molecule has 2 N–H and O–H groups in total. The van der Waals surface area contributed by atoms with Gasteiger partial charge in [-0.1, -0.05) is 12.1 Å². The zero-order valence-electron chi connectivity index (χ0n) is 15.6. The summed E-state index contributed by atoms with van der Waals surface area (Å²) in [5.41, 5.74) is 2.89. The molecule has 1 fully saturated rings. The van der Waals surface area contributed by atoms with Gasteiger partial charge in [-0.15, -0.1) is 0 Å². The lowest BCUT2D eigenvalue weighted by Gasteiger charge is -2.41. The third kappa shape index (κ3) is 3.99. The maximum Gasteiger partial charge on any atom is 0.152 e. The summed E-state index contributed by atoms with van der Waals surface area (Å²) < 4.78 is 0. The highest BCUT2D eigenvalue weighted by atomic mass is 16.1. The van der Waals surface area contributed by atoms with Crippen LogP contribution in [-0.2, 0) is 10.3 Å². The van der Waals surface area contributed by atoms with Crippen molar-refractivity contribution in [1.82, 2.24) is 20.2 Å². The SMILES string of the molecule is CC(=O)/C=C/c1ccc2nc(C3(NC(C)C)CCN(C)CC3)[nH]c2c1. The number of allylic oxidation sites excluding steroid dienone is 1. The lowest BCUT2D eigenvalue weighted by atomic mass is 9.86. The largest absolute Gasteiger partial charge is 0.340 e. The highest BCUT2D eigenvalue weighted by molar-refractivity contribution is 5.92. The van der Waals surface area contributed by atoms with Gasteiger partial charge >= 0.3 is 0 Å². The van der Waals surface area contributed by atoms with E-state index in [0.717, 1.165) is 48.4 Å². The smallest absolute Gasteiger partial charge is 0.152 e. The second-order valence-corrected chi connectivity index (χ2v) is 7.49. The molecule has 25 heavy (non-hydrogen) atoms. The molecule has 0 bridgehead atoms. The molecule has 1 aromatic carbocycles. The first-order chi connectivity index (χ1) is 11.9. The summed E-state index contributed by atoms with van der Waals surface area (Å²) in [6, 6.07) is 6.48. The number of piperidine rings is 1. The van der Waals surface area contributed by atoms with Crippen LogP contribution < -0.4 is 5.32 Å². The van der Waals surface area contributed by atoms with E-state index in [0.29, 0.717) is 6.04 Å². The van der Waals surface area contributed by atoms with Gasteiger partial charge in [0, 0.05) is 19.1 Å². The van der Waals surface area contributed by atoms with E-state index in [1.165, 1.54) is 0 Å². The molecule has 0 aliphatic carbocycles. The van der Waals surface area contributed by atoms with Crippen molar-refractivity contribution in [2.45, 2.75) is 45.2 Å². The van der Waals surface area contributed by atoms with Crippen LogP contribution in [0.3, 0.4) is 0 Å². The van der Waals surface area contributed by atoms with E-state index in [9.17, 15) is 4.79 Å². The van der Waals surface area contributed by atoms with Gasteiger partial charge in [0.05, 0.1) is 16.6 Å². The number of hydrogen-bond donors (Lipinski definition) is 2. The van der Waals surface area contributed by atoms with E-state index in [-0.39, 0.29) is 11.3 Å². The first-order valence-electron chi connectivity index (χ1n) is 9.03. The monoisotopic (exact) mass is 340 g/mol. The van der Waals surface area contributed by atoms with Crippen LogP contribution in [0, 0.1) is 0 Å². The lowest BCUT2D eigenvalue weighted by Crippen LogP contribution is -2.53. The van der Waals surface area contributed by atoms with Gasteiger partial charge in [-0.25, -0.2) is 4.98 Å². The molecule has 3 rings (SSSR count). The van der Waals surface area contributed by atoms with E-state index >= 15 is 0 Å². The molecule has 0 saturated carbocycles. The van der Waals surface area contributed by atoms with Crippen molar-refractivity contribution >= 4 is 22.9 Å². The van der Waals surface area contributed by atoms with Crippen molar-refractivity contribution < 1.29 is 4.79 Å². The first kappa shape index (κ1) is 17.8. The molecule has 134 valence electrons. The van der Waals surface area contributed by atoms with Crippen molar-refractivity contribution in [3.8, 4) is 0 Å². The Morgan fingerprint density at radius 2 is 2.08 bits per heavy atom. The number of ketones is 1. The maximum atomic E-state index is 11.1. The van der Waals surface area contributed by atoms with Crippen molar-refractivity contribution in [3.05, 3.63) is 35.7 Å². The molecule has 0 atom stereocenters.